The van der Waals surface area contributed by atoms with Gasteiger partial charge in [0.15, 0.2) is 5.65 Å². The first-order valence-electron chi connectivity index (χ1n) is 9.58. The van der Waals surface area contributed by atoms with E-state index in [-0.39, 0.29) is 18.1 Å². The molecule has 1 N–H and O–H groups in total. The van der Waals surface area contributed by atoms with Gasteiger partial charge in [-0.2, -0.15) is 5.10 Å². The van der Waals surface area contributed by atoms with Crippen molar-refractivity contribution in [3.05, 3.63) is 87.5 Å². The number of rotatable bonds is 4. The van der Waals surface area contributed by atoms with Gasteiger partial charge in [0.1, 0.15) is 12.1 Å². The molecular formula is C22H17BrN6O2. The lowest BCUT2D eigenvalue weighted by Crippen LogP contribution is -2.28. The lowest BCUT2D eigenvalue weighted by Gasteiger charge is -2.04. The maximum atomic E-state index is 12.8. The van der Waals surface area contributed by atoms with Gasteiger partial charge in [0.05, 0.1) is 5.69 Å². The third kappa shape index (κ3) is 3.64. The van der Waals surface area contributed by atoms with E-state index in [0.29, 0.717) is 16.9 Å². The lowest BCUT2D eigenvalue weighted by atomic mass is 10.1. The minimum Gasteiger partial charge on any atom is -0.324 e. The Labute approximate surface area is 184 Å². The van der Waals surface area contributed by atoms with Crippen molar-refractivity contribution in [3.8, 4) is 11.3 Å². The van der Waals surface area contributed by atoms with Gasteiger partial charge in [-0.15, -0.1) is 5.10 Å². The number of nitrogens with zero attached hydrogens (tertiary/aromatic N) is 5. The zero-order valence-corrected chi connectivity index (χ0v) is 18.1. The predicted molar refractivity (Wildman–Crippen MR) is 121 cm³/mol. The van der Waals surface area contributed by atoms with Crippen LogP contribution in [0, 0.1) is 6.92 Å². The zero-order chi connectivity index (χ0) is 21.5. The number of aryl methyl sites for hydroxylation is 1. The number of fused-ring (bicyclic) bond motifs is 3. The summed E-state index contributed by atoms with van der Waals surface area (Å²) in [5, 5.41) is 11.8. The van der Waals surface area contributed by atoms with E-state index < -0.39 is 0 Å². The monoisotopic (exact) mass is 476 g/mol. The number of carbonyl (C=O) groups is 1. The molecule has 154 valence electrons. The zero-order valence-electron chi connectivity index (χ0n) is 16.5. The quantitative estimate of drug-likeness (QED) is 0.429. The van der Waals surface area contributed by atoms with Crippen molar-refractivity contribution in [1.29, 1.82) is 0 Å². The molecule has 0 fully saturated rings. The van der Waals surface area contributed by atoms with Crippen LogP contribution in [0.25, 0.3) is 22.4 Å². The summed E-state index contributed by atoms with van der Waals surface area (Å²) >= 11 is 3.36. The van der Waals surface area contributed by atoms with Crippen LogP contribution in [-0.4, -0.2) is 29.7 Å². The maximum absolute atomic E-state index is 12.8. The smallest absolute Gasteiger partial charge is 0.324 e. The second-order valence-corrected chi connectivity index (χ2v) is 8.13. The van der Waals surface area contributed by atoms with Gasteiger partial charge in [0.25, 0.3) is 0 Å². The topological polar surface area (TPSA) is 85.7 Å². The summed E-state index contributed by atoms with van der Waals surface area (Å²) in [4.78, 5) is 25.2. The molecular weight excluding hydrogens is 460 g/mol. The Hall–Kier alpha value is -3.72. The van der Waals surface area contributed by atoms with Gasteiger partial charge in [-0.3, -0.25) is 4.79 Å². The average molecular weight is 477 g/mol. The first-order valence-corrected chi connectivity index (χ1v) is 10.4. The van der Waals surface area contributed by atoms with Gasteiger partial charge in [-0.1, -0.05) is 45.8 Å². The van der Waals surface area contributed by atoms with Crippen LogP contribution >= 0.6 is 15.9 Å². The van der Waals surface area contributed by atoms with Crippen molar-refractivity contribution in [2.24, 2.45) is 0 Å². The van der Waals surface area contributed by atoms with E-state index in [1.807, 2.05) is 49.4 Å². The molecule has 0 aliphatic heterocycles. The Kier molecular flexibility index (Phi) is 4.67. The van der Waals surface area contributed by atoms with Crippen LogP contribution in [-0.2, 0) is 11.3 Å². The summed E-state index contributed by atoms with van der Waals surface area (Å²) in [6.07, 6.45) is 3.31. The average Bonchev–Trinajstić information content (AvgIpc) is 3.32. The molecule has 0 saturated carbocycles. The molecule has 0 atom stereocenters. The number of carbonyl (C=O) groups excluding carboxylic acids is 1. The highest BCUT2D eigenvalue weighted by Crippen LogP contribution is 2.21. The summed E-state index contributed by atoms with van der Waals surface area (Å²) in [7, 11) is 0. The molecule has 3 heterocycles. The third-order valence-corrected chi connectivity index (χ3v) is 5.49. The number of anilines is 1. The number of benzene rings is 2. The molecule has 5 rings (SSSR count). The van der Waals surface area contributed by atoms with Gasteiger partial charge in [-0.05, 0) is 37.3 Å². The minimum absolute atomic E-state index is 0.193. The molecule has 0 spiro atoms. The Morgan fingerprint density at radius 3 is 2.52 bits per heavy atom. The highest BCUT2D eigenvalue weighted by molar-refractivity contribution is 9.10. The molecule has 0 aliphatic rings. The fourth-order valence-corrected chi connectivity index (χ4v) is 3.64. The standard InChI is InChI=1S/C22H17BrN6O2/c1-14-2-4-15(5-3-14)18-12-19-21-26-29(22(31)27(21)10-11-28(19)25-18)13-20(30)24-17-8-6-16(23)7-9-17/h2-12H,13H2,1H3,(H,24,30). The summed E-state index contributed by atoms with van der Waals surface area (Å²) in [5.74, 6) is -0.335. The SMILES string of the molecule is Cc1ccc(-c2cc3c4nn(CC(=O)Nc5ccc(Br)cc5)c(=O)n4ccn3n2)cc1. The molecule has 0 bridgehead atoms. The number of nitrogens with one attached hydrogen (secondary N) is 1. The number of hydrogen-bond donors (Lipinski definition) is 1. The van der Waals surface area contributed by atoms with Crippen LogP contribution < -0.4 is 11.0 Å². The normalized spacial score (nSPS) is 11.3. The van der Waals surface area contributed by atoms with E-state index in [1.165, 1.54) is 9.96 Å². The van der Waals surface area contributed by atoms with E-state index in [2.05, 4.69) is 31.4 Å². The Bertz CT molecular complexity index is 1480. The Morgan fingerprint density at radius 1 is 1.03 bits per heavy atom. The molecule has 8 nitrogen and oxygen atoms in total. The summed E-state index contributed by atoms with van der Waals surface area (Å²) in [5.41, 5.74) is 4.30. The molecule has 1 amide bonds. The molecule has 0 aliphatic carbocycles. The van der Waals surface area contributed by atoms with Crippen LogP contribution in [0.4, 0.5) is 5.69 Å². The van der Waals surface area contributed by atoms with Crippen molar-refractivity contribution in [3.63, 3.8) is 0 Å². The second-order valence-electron chi connectivity index (χ2n) is 7.21. The molecule has 0 saturated heterocycles. The van der Waals surface area contributed by atoms with Gasteiger partial charge >= 0.3 is 5.69 Å². The van der Waals surface area contributed by atoms with E-state index >= 15 is 0 Å². The van der Waals surface area contributed by atoms with Crippen molar-refractivity contribution in [2.45, 2.75) is 13.5 Å². The van der Waals surface area contributed by atoms with Gasteiger partial charge < -0.3 is 5.32 Å². The predicted octanol–water partition coefficient (Wildman–Crippen LogP) is 3.52. The number of aromatic nitrogens is 5. The van der Waals surface area contributed by atoms with Crippen LogP contribution in [0.1, 0.15) is 5.56 Å². The molecule has 5 aromatic rings. The van der Waals surface area contributed by atoms with Crippen LogP contribution in [0.2, 0.25) is 0 Å². The Morgan fingerprint density at radius 2 is 1.77 bits per heavy atom. The lowest BCUT2D eigenvalue weighted by molar-refractivity contribution is -0.117. The highest BCUT2D eigenvalue weighted by Gasteiger charge is 2.15. The van der Waals surface area contributed by atoms with Crippen LogP contribution in [0.5, 0.6) is 0 Å². The first kappa shape index (κ1) is 19.3. The largest absolute Gasteiger partial charge is 0.350 e. The molecule has 31 heavy (non-hydrogen) atoms. The molecule has 2 aromatic carbocycles. The second kappa shape index (κ2) is 7.51. The van der Waals surface area contributed by atoms with Gasteiger partial charge in [-0.25, -0.2) is 18.4 Å². The van der Waals surface area contributed by atoms with Gasteiger partial charge in [0, 0.05) is 28.1 Å². The highest BCUT2D eigenvalue weighted by atomic mass is 79.9. The van der Waals surface area contributed by atoms with E-state index in [9.17, 15) is 9.59 Å². The van der Waals surface area contributed by atoms with Crippen molar-refractivity contribution in [1.82, 2.24) is 23.8 Å². The van der Waals surface area contributed by atoms with E-state index in [1.54, 1.807) is 29.0 Å². The summed E-state index contributed by atoms with van der Waals surface area (Å²) in [6.45, 7) is 1.84. The molecule has 9 heteroatoms. The fourth-order valence-electron chi connectivity index (χ4n) is 3.37. The molecule has 0 radical (unpaired) electrons. The fraction of sp³-hybridized carbons (Fsp3) is 0.0909. The first-order chi connectivity index (χ1) is 15.0. The van der Waals surface area contributed by atoms with E-state index in [0.717, 1.165) is 20.4 Å². The number of hydrogen-bond acceptors (Lipinski definition) is 4. The van der Waals surface area contributed by atoms with Crippen LogP contribution in [0.3, 0.4) is 0 Å². The summed E-state index contributed by atoms with van der Waals surface area (Å²) in [6, 6.07) is 17.2. The molecule has 0 unspecified atom stereocenters. The van der Waals surface area contributed by atoms with Crippen molar-refractivity contribution < 1.29 is 4.79 Å². The van der Waals surface area contributed by atoms with Crippen molar-refractivity contribution >= 4 is 38.7 Å². The summed E-state index contributed by atoms with van der Waals surface area (Å²) < 4.78 is 5.17. The van der Waals surface area contributed by atoms with Crippen LogP contribution in [0.15, 0.2) is 76.3 Å². The van der Waals surface area contributed by atoms with Gasteiger partial charge in [0.2, 0.25) is 5.91 Å². The van der Waals surface area contributed by atoms with E-state index in [4.69, 9.17) is 0 Å². The minimum atomic E-state index is -0.387. The third-order valence-electron chi connectivity index (χ3n) is 4.96. The molecule has 3 aromatic heterocycles. The van der Waals surface area contributed by atoms with Crippen molar-refractivity contribution in [2.75, 3.05) is 5.32 Å². The Balaban J connectivity index is 1.48. The number of amides is 1. The maximum Gasteiger partial charge on any atom is 0.350 e. The number of halogens is 1.